The summed E-state index contributed by atoms with van der Waals surface area (Å²) in [5.41, 5.74) is 2.42. The first-order valence-electron chi connectivity index (χ1n) is 10.9. The number of benzene rings is 2. The Morgan fingerprint density at radius 2 is 1.29 bits per heavy atom. The first-order chi connectivity index (χ1) is 16.7. The minimum absolute atomic E-state index is 0.0656. The van der Waals surface area contributed by atoms with Gasteiger partial charge >= 0.3 is 17.9 Å². The van der Waals surface area contributed by atoms with Gasteiger partial charge in [0, 0.05) is 32.9 Å². The minimum atomic E-state index is -1.15. The van der Waals surface area contributed by atoms with Crippen molar-refractivity contribution in [2.75, 3.05) is 6.54 Å². The molecule has 1 amide bonds. The number of rotatable bonds is 7. The summed E-state index contributed by atoms with van der Waals surface area (Å²) in [5.74, 6) is -2.31. The molecule has 35 heavy (non-hydrogen) atoms. The Morgan fingerprint density at radius 3 is 1.86 bits per heavy atom. The van der Waals surface area contributed by atoms with Gasteiger partial charge in [0.25, 0.3) is 5.91 Å². The Labute approximate surface area is 211 Å². The molecule has 10 heteroatoms. The molecule has 9 nitrogen and oxygen atoms in total. The highest BCUT2D eigenvalue weighted by Crippen LogP contribution is 2.31. The lowest BCUT2D eigenvalue weighted by Gasteiger charge is -2.43. The predicted octanol–water partition coefficient (Wildman–Crippen LogP) is 3.00. The van der Waals surface area contributed by atoms with E-state index in [9.17, 15) is 19.2 Å². The zero-order valence-electron chi connectivity index (χ0n) is 19.4. The van der Waals surface area contributed by atoms with Crippen LogP contribution < -0.4 is 5.32 Å². The van der Waals surface area contributed by atoms with Gasteiger partial charge in [-0.3, -0.25) is 19.2 Å². The van der Waals surface area contributed by atoms with Crippen molar-refractivity contribution in [1.29, 1.82) is 0 Å². The third-order valence-corrected chi connectivity index (χ3v) is 5.94. The van der Waals surface area contributed by atoms with Crippen molar-refractivity contribution < 1.29 is 38.1 Å². The lowest BCUT2D eigenvalue weighted by atomic mass is 9.98. The molecule has 3 rings (SSSR count). The Balaban J connectivity index is 1.74. The van der Waals surface area contributed by atoms with Gasteiger partial charge in [0.2, 0.25) is 0 Å². The van der Waals surface area contributed by atoms with Gasteiger partial charge in [0.15, 0.2) is 23.3 Å². The monoisotopic (exact) mass is 547 g/mol. The van der Waals surface area contributed by atoms with E-state index in [1.54, 1.807) is 12.1 Å². The Morgan fingerprint density at radius 1 is 0.771 bits per heavy atom. The normalized spacial score (nSPS) is 23.6. The Hall–Kier alpha value is -3.24. The first kappa shape index (κ1) is 26.4. The maximum Gasteiger partial charge on any atom is 0.303 e. The van der Waals surface area contributed by atoms with Gasteiger partial charge in [0.1, 0.15) is 6.10 Å². The van der Waals surface area contributed by atoms with Gasteiger partial charge in [0.05, 0.1) is 0 Å². The highest BCUT2D eigenvalue weighted by atomic mass is 79.9. The van der Waals surface area contributed by atoms with E-state index < -0.39 is 47.3 Å². The van der Waals surface area contributed by atoms with Crippen LogP contribution in [0.1, 0.15) is 31.1 Å². The van der Waals surface area contributed by atoms with E-state index in [0.29, 0.717) is 5.56 Å². The average molecular weight is 548 g/mol. The molecule has 1 aliphatic rings. The molecule has 0 saturated carbocycles. The van der Waals surface area contributed by atoms with Crippen LogP contribution in [0.15, 0.2) is 54.6 Å². The maximum absolute atomic E-state index is 12.8. The van der Waals surface area contributed by atoms with Gasteiger partial charge in [-0.1, -0.05) is 58.4 Å². The molecule has 0 aromatic heterocycles. The second kappa shape index (κ2) is 11.9. The fourth-order valence-corrected chi connectivity index (χ4v) is 4.43. The highest BCUT2D eigenvalue weighted by Gasteiger charge is 2.51. The van der Waals surface area contributed by atoms with Crippen molar-refractivity contribution in [3.63, 3.8) is 0 Å². The molecule has 1 saturated heterocycles. The summed E-state index contributed by atoms with van der Waals surface area (Å²) in [5, 5.41) is 1.88. The van der Waals surface area contributed by atoms with Gasteiger partial charge in [-0.05, 0) is 23.3 Å². The summed E-state index contributed by atoms with van der Waals surface area (Å²) in [6.45, 7) is 3.50. The summed E-state index contributed by atoms with van der Waals surface area (Å²) >= 11 is 3.29. The molecule has 4 unspecified atom stereocenters. The van der Waals surface area contributed by atoms with Gasteiger partial charge in [-0.25, -0.2) is 0 Å². The standard InChI is InChI=1S/C25H26BrNO8/c1-14(28)32-21-20(35-24(26)23(34-16(3)30)22(21)33-15(2)29)13-27-25(31)19-11-9-18(10-12-19)17-7-5-4-6-8-17/h4-12,20-24H,13H2,1-3H3,(H,27,31)/t20-,21?,22?,23?,24?/m1/s1. The smallest absolute Gasteiger partial charge is 0.303 e. The quantitative estimate of drug-likeness (QED) is 0.319. The van der Waals surface area contributed by atoms with Crippen molar-refractivity contribution in [2.24, 2.45) is 0 Å². The number of halogens is 1. The largest absolute Gasteiger partial charge is 0.456 e. The summed E-state index contributed by atoms with van der Waals surface area (Å²) < 4.78 is 21.8. The van der Waals surface area contributed by atoms with Crippen molar-refractivity contribution in [2.45, 2.75) is 50.2 Å². The molecule has 2 aromatic carbocycles. The Bertz CT molecular complexity index is 1060. The van der Waals surface area contributed by atoms with Crippen LogP contribution >= 0.6 is 15.9 Å². The van der Waals surface area contributed by atoms with E-state index in [4.69, 9.17) is 18.9 Å². The van der Waals surface area contributed by atoms with E-state index in [2.05, 4.69) is 21.2 Å². The van der Waals surface area contributed by atoms with Crippen molar-refractivity contribution >= 4 is 39.7 Å². The van der Waals surface area contributed by atoms with Gasteiger partial charge < -0.3 is 24.3 Å². The Kier molecular flexibility index (Phi) is 9.00. The van der Waals surface area contributed by atoms with E-state index >= 15 is 0 Å². The number of carbonyl (C=O) groups excluding carboxylic acids is 4. The van der Waals surface area contributed by atoms with Crippen LogP contribution in [0.25, 0.3) is 11.1 Å². The number of carbonyl (C=O) groups is 4. The molecule has 1 aliphatic heterocycles. The molecule has 1 N–H and O–H groups in total. The van der Waals surface area contributed by atoms with Crippen molar-refractivity contribution in [3.8, 4) is 11.1 Å². The number of nitrogens with one attached hydrogen (secondary N) is 1. The molecule has 0 spiro atoms. The summed E-state index contributed by atoms with van der Waals surface area (Å²) in [4.78, 5) is 47.9. The fraction of sp³-hybridized carbons (Fsp3) is 0.360. The third-order valence-electron chi connectivity index (χ3n) is 5.20. The summed E-state index contributed by atoms with van der Waals surface area (Å²) in [6, 6.07) is 16.9. The molecular weight excluding hydrogens is 522 g/mol. The van der Waals surface area contributed by atoms with Gasteiger partial charge in [-0.2, -0.15) is 0 Å². The maximum atomic E-state index is 12.8. The molecule has 0 aliphatic carbocycles. The van der Waals surface area contributed by atoms with Crippen LogP contribution in [0.2, 0.25) is 0 Å². The number of ether oxygens (including phenoxy) is 4. The third kappa shape index (κ3) is 7.12. The van der Waals surface area contributed by atoms with Crippen LogP contribution in [0.3, 0.4) is 0 Å². The molecule has 186 valence electrons. The number of alkyl halides is 1. The summed E-state index contributed by atoms with van der Waals surface area (Å²) in [6.07, 6.45) is -4.24. The molecule has 0 bridgehead atoms. The molecule has 1 heterocycles. The highest BCUT2D eigenvalue weighted by molar-refractivity contribution is 9.09. The lowest BCUT2D eigenvalue weighted by Crippen LogP contribution is -2.62. The second-order valence-corrected chi connectivity index (χ2v) is 8.80. The SMILES string of the molecule is CC(=O)OC1C(Br)O[C@H](CNC(=O)c2ccc(-c3ccccc3)cc2)C(OC(C)=O)C1OC(C)=O. The molecule has 0 radical (unpaired) electrons. The number of hydrogen-bond acceptors (Lipinski definition) is 8. The molecule has 1 fully saturated rings. The zero-order valence-corrected chi connectivity index (χ0v) is 21.0. The van der Waals surface area contributed by atoms with E-state index in [-0.39, 0.29) is 12.5 Å². The van der Waals surface area contributed by atoms with Crippen LogP contribution in [0, 0.1) is 0 Å². The number of esters is 3. The van der Waals surface area contributed by atoms with Crippen LogP contribution in [0.4, 0.5) is 0 Å². The molecule has 5 atom stereocenters. The van der Waals surface area contributed by atoms with E-state index in [1.165, 1.54) is 20.8 Å². The van der Waals surface area contributed by atoms with E-state index in [1.807, 2.05) is 42.5 Å². The number of hydrogen-bond donors (Lipinski definition) is 1. The molecule has 2 aromatic rings. The lowest BCUT2D eigenvalue weighted by molar-refractivity contribution is -0.229. The van der Waals surface area contributed by atoms with Crippen molar-refractivity contribution in [1.82, 2.24) is 5.32 Å². The van der Waals surface area contributed by atoms with Gasteiger partial charge in [-0.15, -0.1) is 0 Å². The second-order valence-electron chi connectivity index (χ2n) is 7.90. The minimum Gasteiger partial charge on any atom is -0.456 e. The van der Waals surface area contributed by atoms with Crippen LogP contribution in [0.5, 0.6) is 0 Å². The number of amides is 1. The summed E-state index contributed by atoms with van der Waals surface area (Å²) in [7, 11) is 0. The first-order valence-corrected chi connectivity index (χ1v) is 11.8. The average Bonchev–Trinajstić information content (AvgIpc) is 2.81. The van der Waals surface area contributed by atoms with Crippen LogP contribution in [-0.2, 0) is 33.3 Å². The van der Waals surface area contributed by atoms with E-state index in [0.717, 1.165) is 11.1 Å². The topological polar surface area (TPSA) is 117 Å². The zero-order chi connectivity index (χ0) is 25.5. The molecular formula is C25H26BrNO8. The van der Waals surface area contributed by atoms with Crippen LogP contribution in [-0.4, -0.2) is 59.8 Å². The fourth-order valence-electron chi connectivity index (χ4n) is 3.75. The van der Waals surface area contributed by atoms with Crippen molar-refractivity contribution in [3.05, 3.63) is 60.2 Å². The predicted molar refractivity (Wildman–Crippen MR) is 128 cm³/mol.